The van der Waals surface area contributed by atoms with Crippen molar-refractivity contribution in [3.63, 3.8) is 0 Å². The Bertz CT molecular complexity index is 544. The normalized spacial score (nSPS) is 15.3. The van der Waals surface area contributed by atoms with Crippen molar-refractivity contribution in [3.05, 3.63) is 35.4 Å². The molecule has 0 fully saturated rings. The lowest BCUT2D eigenvalue weighted by Crippen LogP contribution is -2.50. The maximum atomic E-state index is 12.3. The summed E-state index contributed by atoms with van der Waals surface area (Å²) in [5, 5.41) is 2.88. The van der Waals surface area contributed by atoms with Gasteiger partial charge in [-0.15, -0.1) is 0 Å². The number of benzene rings is 1. The summed E-state index contributed by atoms with van der Waals surface area (Å²) in [6.07, 6.45) is 1.63. The molecular weight excluding hydrogens is 268 g/mol. The van der Waals surface area contributed by atoms with E-state index in [1.54, 1.807) is 31.2 Å². The molecule has 0 aliphatic carbocycles. The van der Waals surface area contributed by atoms with Gasteiger partial charge in [-0.3, -0.25) is 19.3 Å². The molecule has 112 valence electrons. The van der Waals surface area contributed by atoms with Crippen LogP contribution in [-0.4, -0.2) is 34.7 Å². The van der Waals surface area contributed by atoms with Crippen LogP contribution in [0.2, 0.25) is 0 Å². The van der Waals surface area contributed by atoms with E-state index in [1.807, 2.05) is 13.8 Å². The average Bonchev–Trinajstić information content (AvgIpc) is 2.76. The minimum atomic E-state index is -0.807. The van der Waals surface area contributed by atoms with Gasteiger partial charge < -0.3 is 5.32 Å². The Kier molecular flexibility index (Phi) is 4.40. The van der Waals surface area contributed by atoms with Crippen LogP contribution in [0.1, 0.15) is 54.3 Å². The van der Waals surface area contributed by atoms with Gasteiger partial charge in [0.2, 0.25) is 5.91 Å². The lowest BCUT2D eigenvalue weighted by molar-refractivity contribution is -0.125. The van der Waals surface area contributed by atoms with Crippen molar-refractivity contribution in [1.29, 1.82) is 0 Å². The third kappa shape index (κ3) is 2.68. The van der Waals surface area contributed by atoms with Crippen LogP contribution in [-0.2, 0) is 4.79 Å². The third-order valence-corrected chi connectivity index (χ3v) is 3.92. The summed E-state index contributed by atoms with van der Waals surface area (Å²) in [6.45, 7) is 5.56. The molecule has 5 nitrogen and oxygen atoms in total. The SMILES string of the molecule is CCC(CC)NC(=O)C(C)N1C(=O)c2ccccc2C1=O. The van der Waals surface area contributed by atoms with Crippen LogP contribution in [0.5, 0.6) is 0 Å². The third-order valence-electron chi connectivity index (χ3n) is 3.92. The fourth-order valence-electron chi connectivity index (χ4n) is 2.49. The smallest absolute Gasteiger partial charge is 0.262 e. The van der Waals surface area contributed by atoms with E-state index in [0.717, 1.165) is 17.7 Å². The number of hydrogen-bond acceptors (Lipinski definition) is 3. The molecule has 2 rings (SSSR count). The highest BCUT2D eigenvalue weighted by atomic mass is 16.2. The van der Waals surface area contributed by atoms with Crippen LogP contribution in [0.15, 0.2) is 24.3 Å². The molecule has 1 N–H and O–H groups in total. The van der Waals surface area contributed by atoms with Gasteiger partial charge in [0.05, 0.1) is 11.1 Å². The van der Waals surface area contributed by atoms with Gasteiger partial charge in [-0.2, -0.15) is 0 Å². The summed E-state index contributed by atoms with van der Waals surface area (Å²) in [5.41, 5.74) is 0.731. The van der Waals surface area contributed by atoms with Crippen molar-refractivity contribution < 1.29 is 14.4 Å². The molecule has 3 amide bonds. The number of nitrogens with zero attached hydrogens (tertiary/aromatic N) is 1. The zero-order valence-electron chi connectivity index (χ0n) is 12.6. The average molecular weight is 288 g/mol. The Morgan fingerprint density at radius 1 is 1.10 bits per heavy atom. The largest absolute Gasteiger partial charge is 0.352 e. The van der Waals surface area contributed by atoms with Gasteiger partial charge in [-0.25, -0.2) is 0 Å². The molecule has 0 spiro atoms. The van der Waals surface area contributed by atoms with E-state index >= 15 is 0 Å². The van der Waals surface area contributed by atoms with E-state index < -0.39 is 17.9 Å². The van der Waals surface area contributed by atoms with Crippen LogP contribution in [0.4, 0.5) is 0 Å². The second-order valence-corrected chi connectivity index (χ2v) is 5.22. The maximum Gasteiger partial charge on any atom is 0.262 e. The van der Waals surface area contributed by atoms with Gasteiger partial charge in [0.25, 0.3) is 11.8 Å². The summed E-state index contributed by atoms with van der Waals surface area (Å²) in [7, 11) is 0. The van der Waals surface area contributed by atoms with Gasteiger partial charge in [-0.1, -0.05) is 26.0 Å². The van der Waals surface area contributed by atoms with Crippen molar-refractivity contribution in [1.82, 2.24) is 10.2 Å². The molecule has 1 aromatic carbocycles. The first-order chi connectivity index (χ1) is 10.0. The molecule has 1 unspecified atom stereocenters. The van der Waals surface area contributed by atoms with Crippen molar-refractivity contribution in [2.24, 2.45) is 0 Å². The fraction of sp³-hybridized carbons (Fsp3) is 0.438. The summed E-state index contributed by atoms with van der Waals surface area (Å²) in [4.78, 5) is 37.9. The van der Waals surface area contributed by atoms with Crippen LogP contribution in [0.25, 0.3) is 0 Å². The van der Waals surface area contributed by atoms with Crippen LogP contribution in [0.3, 0.4) is 0 Å². The monoisotopic (exact) mass is 288 g/mol. The van der Waals surface area contributed by atoms with Gasteiger partial charge in [0, 0.05) is 6.04 Å². The molecule has 1 aliphatic heterocycles. The number of rotatable bonds is 5. The fourth-order valence-corrected chi connectivity index (χ4v) is 2.49. The number of carbonyl (C=O) groups is 3. The standard InChI is InChI=1S/C16H20N2O3/c1-4-11(5-2)17-14(19)10(3)18-15(20)12-8-6-7-9-13(12)16(18)21/h6-11H,4-5H2,1-3H3,(H,17,19). The topological polar surface area (TPSA) is 66.5 Å². The summed E-state index contributed by atoms with van der Waals surface area (Å²) in [6, 6.07) is 5.90. The van der Waals surface area contributed by atoms with Crippen LogP contribution in [0, 0.1) is 0 Å². The van der Waals surface area contributed by atoms with Crippen LogP contribution < -0.4 is 5.32 Å². The predicted molar refractivity (Wildman–Crippen MR) is 78.9 cm³/mol. The minimum Gasteiger partial charge on any atom is -0.352 e. The number of carbonyl (C=O) groups excluding carboxylic acids is 3. The molecule has 1 atom stereocenters. The molecule has 5 heteroatoms. The number of fused-ring (bicyclic) bond motifs is 1. The second kappa shape index (κ2) is 6.08. The number of hydrogen-bond donors (Lipinski definition) is 1. The van der Waals surface area contributed by atoms with E-state index in [0.29, 0.717) is 11.1 Å². The molecule has 0 bridgehead atoms. The molecule has 1 aromatic rings. The predicted octanol–water partition coefficient (Wildman–Crippen LogP) is 1.98. The molecule has 21 heavy (non-hydrogen) atoms. The summed E-state index contributed by atoms with van der Waals surface area (Å²) < 4.78 is 0. The van der Waals surface area contributed by atoms with Gasteiger partial charge in [0.15, 0.2) is 0 Å². The van der Waals surface area contributed by atoms with Gasteiger partial charge in [0.1, 0.15) is 6.04 Å². The van der Waals surface area contributed by atoms with Crippen molar-refractivity contribution >= 4 is 17.7 Å². The highest BCUT2D eigenvalue weighted by Crippen LogP contribution is 2.24. The highest BCUT2D eigenvalue weighted by Gasteiger charge is 2.40. The second-order valence-electron chi connectivity index (χ2n) is 5.22. The number of nitrogens with one attached hydrogen (secondary N) is 1. The Morgan fingerprint density at radius 3 is 2.00 bits per heavy atom. The maximum absolute atomic E-state index is 12.3. The van der Waals surface area contributed by atoms with E-state index in [9.17, 15) is 14.4 Å². The molecule has 0 saturated heterocycles. The Labute approximate surface area is 124 Å². The highest BCUT2D eigenvalue weighted by molar-refractivity contribution is 6.22. The molecule has 0 radical (unpaired) electrons. The minimum absolute atomic E-state index is 0.0649. The zero-order chi connectivity index (χ0) is 15.6. The first-order valence-electron chi connectivity index (χ1n) is 7.28. The van der Waals surface area contributed by atoms with E-state index in [2.05, 4.69) is 5.32 Å². The zero-order valence-corrected chi connectivity index (χ0v) is 12.6. The Morgan fingerprint density at radius 2 is 1.57 bits per heavy atom. The van der Waals surface area contributed by atoms with Gasteiger partial charge >= 0.3 is 0 Å². The van der Waals surface area contributed by atoms with E-state index in [4.69, 9.17) is 0 Å². The first-order valence-corrected chi connectivity index (χ1v) is 7.28. The van der Waals surface area contributed by atoms with Crippen molar-refractivity contribution in [3.8, 4) is 0 Å². The van der Waals surface area contributed by atoms with Gasteiger partial charge in [-0.05, 0) is 31.9 Å². The lowest BCUT2D eigenvalue weighted by Gasteiger charge is -2.24. The number of amides is 3. The molecule has 1 heterocycles. The Hall–Kier alpha value is -2.17. The lowest BCUT2D eigenvalue weighted by atomic mass is 10.1. The van der Waals surface area contributed by atoms with E-state index in [1.165, 1.54) is 0 Å². The molecule has 0 saturated carbocycles. The number of imide groups is 1. The molecule has 0 aromatic heterocycles. The molecule has 1 aliphatic rings. The first kappa shape index (κ1) is 15.2. The quantitative estimate of drug-likeness (QED) is 0.842. The van der Waals surface area contributed by atoms with Crippen LogP contribution >= 0.6 is 0 Å². The Balaban J connectivity index is 2.18. The molecular formula is C16H20N2O3. The summed E-state index contributed by atoms with van der Waals surface area (Å²) in [5.74, 6) is -1.09. The van der Waals surface area contributed by atoms with E-state index in [-0.39, 0.29) is 11.9 Å². The van der Waals surface area contributed by atoms with Crippen molar-refractivity contribution in [2.75, 3.05) is 0 Å². The summed E-state index contributed by atoms with van der Waals surface area (Å²) >= 11 is 0. The van der Waals surface area contributed by atoms with Crippen molar-refractivity contribution in [2.45, 2.75) is 45.7 Å².